The molecule has 35 heavy (non-hydrogen) atoms. The second kappa shape index (κ2) is 11.1. The Hall–Kier alpha value is -3.80. The van der Waals surface area contributed by atoms with Gasteiger partial charge in [-0.25, -0.2) is 0 Å². The second-order valence-corrected chi connectivity index (χ2v) is 8.89. The van der Waals surface area contributed by atoms with E-state index in [0.717, 1.165) is 24.0 Å². The maximum absolute atomic E-state index is 14.0. The van der Waals surface area contributed by atoms with Gasteiger partial charge in [0, 0.05) is 12.6 Å². The van der Waals surface area contributed by atoms with Gasteiger partial charge >= 0.3 is 0 Å². The first kappa shape index (κ1) is 24.3. The van der Waals surface area contributed by atoms with Crippen LogP contribution in [0, 0.1) is 0 Å². The van der Waals surface area contributed by atoms with E-state index in [1.807, 2.05) is 60.7 Å². The molecule has 4 rings (SSSR count). The molecule has 0 unspecified atom stereocenters. The first-order valence-electron chi connectivity index (χ1n) is 12.0. The van der Waals surface area contributed by atoms with Crippen molar-refractivity contribution < 1.29 is 19.1 Å². The monoisotopic (exact) mass is 472 g/mol. The summed E-state index contributed by atoms with van der Waals surface area (Å²) in [4.78, 5) is 29.5. The molecule has 0 bridgehead atoms. The highest BCUT2D eigenvalue weighted by atomic mass is 16.5. The normalized spacial score (nSPS) is 14.2. The van der Waals surface area contributed by atoms with Crippen LogP contribution < -0.4 is 14.8 Å². The average Bonchev–Trinajstić information content (AvgIpc) is 3.39. The Bertz CT molecular complexity index is 1140. The Labute approximate surface area is 206 Å². The summed E-state index contributed by atoms with van der Waals surface area (Å²) in [5, 5.41) is 3.07. The number of amides is 2. The zero-order valence-corrected chi connectivity index (χ0v) is 20.3. The molecule has 3 aromatic carbocycles. The van der Waals surface area contributed by atoms with E-state index in [4.69, 9.17) is 9.47 Å². The molecule has 1 fully saturated rings. The van der Waals surface area contributed by atoms with Gasteiger partial charge in [-0.15, -0.1) is 0 Å². The molecule has 1 aliphatic rings. The van der Waals surface area contributed by atoms with Crippen molar-refractivity contribution in [2.24, 2.45) is 0 Å². The number of ether oxygens (including phenoxy) is 2. The van der Waals surface area contributed by atoms with Crippen molar-refractivity contribution in [2.45, 2.75) is 44.2 Å². The van der Waals surface area contributed by atoms with Crippen molar-refractivity contribution in [1.29, 1.82) is 0 Å². The van der Waals surface area contributed by atoms with Crippen LogP contribution in [0.15, 0.2) is 78.9 Å². The first-order valence-corrected chi connectivity index (χ1v) is 12.0. The Morgan fingerprint density at radius 1 is 0.857 bits per heavy atom. The molecule has 1 aliphatic carbocycles. The van der Waals surface area contributed by atoms with E-state index < -0.39 is 5.54 Å². The van der Waals surface area contributed by atoms with Gasteiger partial charge in [-0.1, -0.05) is 73.5 Å². The van der Waals surface area contributed by atoms with Gasteiger partial charge in [-0.2, -0.15) is 0 Å². The van der Waals surface area contributed by atoms with E-state index in [-0.39, 0.29) is 18.2 Å². The Balaban J connectivity index is 1.67. The van der Waals surface area contributed by atoms with Crippen LogP contribution in [-0.4, -0.2) is 36.5 Å². The lowest BCUT2D eigenvalue weighted by Gasteiger charge is -2.40. The molecule has 0 aliphatic heterocycles. The van der Waals surface area contributed by atoms with Crippen molar-refractivity contribution in [2.75, 3.05) is 19.5 Å². The van der Waals surface area contributed by atoms with Crippen LogP contribution in [0.1, 0.15) is 36.8 Å². The molecule has 0 saturated heterocycles. The van der Waals surface area contributed by atoms with Crippen molar-refractivity contribution in [3.05, 3.63) is 90.0 Å². The smallest absolute Gasteiger partial charge is 0.250 e. The number of nitrogens with zero attached hydrogens (tertiary/aromatic N) is 1. The molecule has 0 spiro atoms. The van der Waals surface area contributed by atoms with Gasteiger partial charge in [0.2, 0.25) is 11.8 Å². The molecule has 2 amide bonds. The highest BCUT2D eigenvalue weighted by molar-refractivity contribution is 6.02. The van der Waals surface area contributed by atoms with E-state index >= 15 is 0 Å². The quantitative estimate of drug-likeness (QED) is 0.463. The third kappa shape index (κ3) is 5.48. The molecular weight excluding hydrogens is 440 g/mol. The fourth-order valence-corrected chi connectivity index (χ4v) is 4.83. The summed E-state index contributed by atoms with van der Waals surface area (Å²) in [6.45, 7) is 0.375. The predicted molar refractivity (Wildman–Crippen MR) is 137 cm³/mol. The molecule has 6 nitrogen and oxygen atoms in total. The maximum Gasteiger partial charge on any atom is 0.250 e. The number of anilines is 1. The predicted octanol–water partition coefficient (Wildman–Crippen LogP) is 5.23. The number of benzene rings is 3. The minimum atomic E-state index is -0.938. The zero-order chi connectivity index (χ0) is 24.7. The summed E-state index contributed by atoms with van der Waals surface area (Å²) in [5.74, 6) is 0.907. The van der Waals surface area contributed by atoms with Gasteiger partial charge < -0.3 is 19.7 Å². The Morgan fingerprint density at radius 3 is 2.09 bits per heavy atom. The summed E-state index contributed by atoms with van der Waals surface area (Å²) < 4.78 is 10.8. The molecule has 0 aromatic heterocycles. The summed E-state index contributed by atoms with van der Waals surface area (Å²) in [6, 6.07) is 24.8. The van der Waals surface area contributed by atoms with Gasteiger partial charge in [0.25, 0.3) is 0 Å². The van der Waals surface area contributed by atoms with Crippen molar-refractivity contribution in [1.82, 2.24) is 4.90 Å². The lowest BCUT2D eigenvalue weighted by Crippen LogP contribution is -2.57. The minimum Gasteiger partial charge on any atom is -0.497 e. The second-order valence-electron chi connectivity index (χ2n) is 8.89. The van der Waals surface area contributed by atoms with Gasteiger partial charge in [-0.3, -0.25) is 9.59 Å². The summed E-state index contributed by atoms with van der Waals surface area (Å²) >= 11 is 0. The van der Waals surface area contributed by atoms with E-state index in [2.05, 4.69) is 5.32 Å². The lowest BCUT2D eigenvalue weighted by molar-refractivity contribution is -0.145. The van der Waals surface area contributed by atoms with Gasteiger partial charge in [0.05, 0.1) is 26.3 Å². The van der Waals surface area contributed by atoms with E-state index in [9.17, 15) is 9.59 Å². The van der Waals surface area contributed by atoms with Crippen LogP contribution in [-0.2, 0) is 22.6 Å². The standard InChI is InChI=1S/C29H32N2O4/c1-34-24-15-16-25(26(20-24)35-2)30-28(33)29(17-9-10-18-29)31(21-23-13-7-4-8-14-23)27(32)19-22-11-5-3-6-12-22/h3-8,11-16,20H,9-10,17-19,21H2,1-2H3,(H,30,33). The van der Waals surface area contributed by atoms with Crippen molar-refractivity contribution >= 4 is 17.5 Å². The fraction of sp³-hybridized carbons (Fsp3) is 0.310. The third-order valence-electron chi connectivity index (χ3n) is 6.71. The number of nitrogens with one attached hydrogen (secondary N) is 1. The molecule has 0 atom stereocenters. The lowest BCUT2D eigenvalue weighted by atomic mass is 9.91. The highest BCUT2D eigenvalue weighted by Crippen LogP contribution is 2.39. The summed E-state index contributed by atoms with van der Waals surface area (Å²) in [6.07, 6.45) is 3.25. The Kier molecular flexibility index (Phi) is 7.70. The number of rotatable bonds is 9. The van der Waals surface area contributed by atoms with E-state index in [1.165, 1.54) is 0 Å². The molecule has 0 radical (unpaired) electrons. The topological polar surface area (TPSA) is 67.9 Å². The SMILES string of the molecule is COc1ccc(NC(=O)C2(N(Cc3ccccc3)C(=O)Cc3ccccc3)CCCC2)c(OC)c1. The van der Waals surface area contributed by atoms with E-state index in [1.54, 1.807) is 37.3 Å². The van der Waals surface area contributed by atoms with Crippen molar-refractivity contribution in [3.8, 4) is 11.5 Å². The van der Waals surface area contributed by atoms with Gasteiger partial charge in [-0.05, 0) is 36.1 Å². The van der Waals surface area contributed by atoms with Gasteiger partial charge in [0.1, 0.15) is 17.0 Å². The van der Waals surface area contributed by atoms with Crippen LogP contribution in [0.4, 0.5) is 5.69 Å². The van der Waals surface area contributed by atoms with Crippen molar-refractivity contribution in [3.63, 3.8) is 0 Å². The van der Waals surface area contributed by atoms with Crippen LogP contribution in [0.5, 0.6) is 11.5 Å². The number of methoxy groups -OCH3 is 2. The minimum absolute atomic E-state index is 0.0567. The number of carbonyl (C=O) groups excluding carboxylic acids is 2. The summed E-state index contributed by atoms with van der Waals surface area (Å²) in [7, 11) is 3.14. The number of hydrogen-bond acceptors (Lipinski definition) is 4. The van der Waals surface area contributed by atoms with E-state index in [0.29, 0.717) is 36.6 Å². The first-order chi connectivity index (χ1) is 17.1. The summed E-state index contributed by atoms with van der Waals surface area (Å²) in [5.41, 5.74) is 1.54. The molecular formula is C29H32N2O4. The van der Waals surface area contributed by atoms with Crippen LogP contribution in [0.3, 0.4) is 0 Å². The highest BCUT2D eigenvalue weighted by Gasteiger charge is 2.48. The van der Waals surface area contributed by atoms with Crippen LogP contribution in [0.25, 0.3) is 0 Å². The molecule has 1 N–H and O–H groups in total. The Morgan fingerprint density at radius 2 is 1.49 bits per heavy atom. The van der Waals surface area contributed by atoms with Gasteiger partial charge in [0.15, 0.2) is 0 Å². The third-order valence-corrected chi connectivity index (χ3v) is 6.71. The van der Waals surface area contributed by atoms with Crippen LogP contribution in [0.2, 0.25) is 0 Å². The number of carbonyl (C=O) groups is 2. The molecule has 6 heteroatoms. The molecule has 3 aromatic rings. The fourth-order valence-electron chi connectivity index (χ4n) is 4.83. The largest absolute Gasteiger partial charge is 0.497 e. The maximum atomic E-state index is 14.0. The number of hydrogen-bond donors (Lipinski definition) is 1. The molecule has 1 saturated carbocycles. The average molecular weight is 473 g/mol. The van der Waals surface area contributed by atoms with Crippen LogP contribution >= 0.6 is 0 Å². The zero-order valence-electron chi connectivity index (χ0n) is 20.3. The molecule has 0 heterocycles. The molecule has 182 valence electrons.